The van der Waals surface area contributed by atoms with Crippen LogP contribution in [-0.4, -0.2) is 18.9 Å². The van der Waals surface area contributed by atoms with Crippen molar-refractivity contribution in [2.24, 2.45) is 4.99 Å². The number of rotatable bonds is 2. The van der Waals surface area contributed by atoms with Gasteiger partial charge in [0.25, 0.3) is 10.1 Å². The Balaban J connectivity index is 0.00000196. The zero-order valence-corrected chi connectivity index (χ0v) is 9.15. The van der Waals surface area contributed by atoms with Gasteiger partial charge in [0.05, 0.1) is 10.6 Å². The summed E-state index contributed by atoms with van der Waals surface area (Å²) in [7, 11) is -4.17. The predicted molar refractivity (Wildman–Crippen MR) is 49.0 cm³/mol. The smallest absolute Gasteiger partial charge is 0.862 e. The fourth-order valence-electron chi connectivity index (χ4n) is 0.874. The molecule has 0 saturated heterocycles. The van der Waals surface area contributed by atoms with Crippen molar-refractivity contribution in [2.45, 2.75) is 11.8 Å². The van der Waals surface area contributed by atoms with Crippen LogP contribution in [-0.2, 0) is 10.1 Å². The molecule has 76 valence electrons. The molecule has 0 aliphatic rings. The van der Waals surface area contributed by atoms with Crippen molar-refractivity contribution < 1.29 is 36.9 Å². The monoisotopic (exact) mass is 221 g/mol. The third-order valence-corrected chi connectivity index (χ3v) is 2.29. The van der Waals surface area contributed by atoms with Crippen LogP contribution < -0.4 is 24.0 Å². The van der Waals surface area contributed by atoms with Gasteiger partial charge in [-0.3, -0.25) is 9.55 Å². The van der Waals surface area contributed by atoms with Gasteiger partial charge in [0.1, 0.15) is 0 Å². The van der Waals surface area contributed by atoms with Crippen LogP contribution in [0.4, 0.5) is 5.69 Å². The Morgan fingerprint density at radius 3 is 2.13 bits per heavy atom. The summed E-state index contributed by atoms with van der Waals surface area (Å²) in [6.07, 6.45) is 0. The summed E-state index contributed by atoms with van der Waals surface area (Å²) in [5.41, 5.74) is 0.352. The molecule has 0 heterocycles. The van der Waals surface area contributed by atoms with Crippen LogP contribution in [0.2, 0.25) is 0 Å². The molecule has 7 heteroatoms. The molecule has 1 aromatic rings. The summed E-state index contributed by atoms with van der Waals surface area (Å²) in [4.78, 5) is 3.35. The van der Waals surface area contributed by atoms with E-state index in [1.165, 1.54) is 31.2 Å². The average molecular weight is 221 g/mol. The van der Waals surface area contributed by atoms with Gasteiger partial charge in [-0.15, -0.1) is 0 Å². The Morgan fingerprint density at radius 2 is 1.80 bits per heavy atom. The van der Waals surface area contributed by atoms with Gasteiger partial charge in [-0.1, -0.05) is 0 Å². The van der Waals surface area contributed by atoms with Gasteiger partial charge in [0, 0.05) is 0 Å². The quantitative estimate of drug-likeness (QED) is 0.255. The number of aliphatic imine (C=N–C) groups is 1. The van der Waals surface area contributed by atoms with Crippen molar-refractivity contribution in [2.75, 3.05) is 0 Å². The van der Waals surface area contributed by atoms with Gasteiger partial charge in [-0.25, -0.2) is 0 Å². The Kier molecular flexibility index (Phi) is 5.04. The number of hydrogen-bond acceptors (Lipinski definition) is 4. The molecule has 0 fully saturated rings. The van der Waals surface area contributed by atoms with E-state index < -0.39 is 10.1 Å². The van der Waals surface area contributed by atoms with Crippen LogP contribution >= 0.6 is 0 Å². The summed E-state index contributed by atoms with van der Waals surface area (Å²) in [6.45, 7) is 1.29. The van der Waals surface area contributed by atoms with Crippen LogP contribution in [0, 0.1) is 0 Å². The standard InChI is InChI=1S/C8H9NO4S.Li/c1-6(10)9-7-2-4-8(5-3-7)14(11,12)13;/h2-5H,1H3,(H,9,10)(H,11,12,13);/q;+1/p-1. The minimum atomic E-state index is -4.17. The summed E-state index contributed by atoms with van der Waals surface area (Å²) in [5.74, 6) is -0.371. The SMILES string of the molecule is CC([O-])=Nc1ccc(S(=O)(=O)O)cc1.[Li+]. The molecule has 0 saturated carbocycles. The minimum Gasteiger partial charge on any atom is -0.862 e. The largest absolute Gasteiger partial charge is 1.00 e. The zero-order valence-electron chi connectivity index (χ0n) is 8.34. The third-order valence-electron chi connectivity index (χ3n) is 1.42. The Labute approximate surface area is 99.8 Å². The van der Waals surface area contributed by atoms with E-state index in [1.807, 2.05) is 0 Å². The van der Waals surface area contributed by atoms with E-state index in [0.717, 1.165) is 0 Å². The summed E-state index contributed by atoms with van der Waals surface area (Å²) < 4.78 is 29.9. The van der Waals surface area contributed by atoms with Gasteiger partial charge in [0.15, 0.2) is 0 Å². The average Bonchev–Trinajstić information content (AvgIpc) is 2.02. The topological polar surface area (TPSA) is 89.8 Å². The van der Waals surface area contributed by atoms with Gasteiger partial charge >= 0.3 is 18.9 Å². The molecular formula is C8H8LiNO4S. The van der Waals surface area contributed by atoms with Crippen LogP contribution in [0.5, 0.6) is 0 Å². The maximum absolute atomic E-state index is 10.6. The molecule has 0 aliphatic heterocycles. The molecule has 0 bridgehead atoms. The van der Waals surface area contributed by atoms with Crippen LogP contribution in [0.25, 0.3) is 0 Å². The number of nitrogens with zero attached hydrogens (tertiary/aromatic N) is 1. The van der Waals surface area contributed by atoms with E-state index >= 15 is 0 Å². The second-order valence-electron chi connectivity index (χ2n) is 2.60. The van der Waals surface area contributed by atoms with E-state index in [0.29, 0.717) is 5.69 Å². The second kappa shape index (κ2) is 5.33. The maximum Gasteiger partial charge on any atom is 1.00 e. The van der Waals surface area contributed by atoms with Crippen molar-refractivity contribution in [3.63, 3.8) is 0 Å². The minimum absolute atomic E-state index is 0. The molecule has 0 aliphatic carbocycles. The molecule has 1 rings (SSSR count). The molecule has 0 radical (unpaired) electrons. The zero-order chi connectivity index (χ0) is 10.8. The molecular weight excluding hydrogens is 213 g/mol. The first-order valence-electron chi connectivity index (χ1n) is 3.69. The normalized spacial score (nSPS) is 12.0. The van der Waals surface area contributed by atoms with Gasteiger partial charge in [0.2, 0.25) is 0 Å². The number of hydrogen-bond donors (Lipinski definition) is 1. The van der Waals surface area contributed by atoms with E-state index in [1.54, 1.807) is 0 Å². The number of benzene rings is 1. The molecule has 5 nitrogen and oxygen atoms in total. The van der Waals surface area contributed by atoms with Gasteiger partial charge < -0.3 is 5.11 Å². The summed E-state index contributed by atoms with van der Waals surface area (Å²) >= 11 is 0. The molecule has 0 atom stereocenters. The van der Waals surface area contributed by atoms with Crippen molar-refractivity contribution in [3.05, 3.63) is 24.3 Å². The van der Waals surface area contributed by atoms with Crippen LogP contribution in [0.3, 0.4) is 0 Å². The van der Waals surface area contributed by atoms with E-state index in [2.05, 4.69) is 4.99 Å². The second-order valence-corrected chi connectivity index (χ2v) is 4.02. The molecule has 1 N–H and O–H groups in total. The van der Waals surface area contributed by atoms with Crippen molar-refractivity contribution in [3.8, 4) is 0 Å². The van der Waals surface area contributed by atoms with Gasteiger partial charge in [-0.2, -0.15) is 8.42 Å². The first-order valence-corrected chi connectivity index (χ1v) is 5.13. The molecule has 0 amide bonds. The molecule has 15 heavy (non-hydrogen) atoms. The van der Waals surface area contributed by atoms with Crippen LogP contribution in [0.1, 0.15) is 6.92 Å². The first-order chi connectivity index (χ1) is 6.39. The van der Waals surface area contributed by atoms with Crippen LogP contribution in [0.15, 0.2) is 34.2 Å². The van der Waals surface area contributed by atoms with Crippen molar-refractivity contribution >= 4 is 21.7 Å². The summed E-state index contributed by atoms with van der Waals surface area (Å²) in [6, 6.07) is 5.03. The molecule has 0 spiro atoms. The molecule has 0 unspecified atom stereocenters. The van der Waals surface area contributed by atoms with Crippen molar-refractivity contribution in [1.29, 1.82) is 0 Å². The third kappa shape index (κ3) is 4.49. The Morgan fingerprint density at radius 1 is 1.33 bits per heavy atom. The maximum atomic E-state index is 10.6. The van der Waals surface area contributed by atoms with E-state index in [-0.39, 0.29) is 29.7 Å². The van der Waals surface area contributed by atoms with Crippen molar-refractivity contribution in [1.82, 2.24) is 0 Å². The fraction of sp³-hybridized carbons (Fsp3) is 0.125. The fourth-order valence-corrected chi connectivity index (χ4v) is 1.35. The first kappa shape index (κ1) is 14.2. The summed E-state index contributed by atoms with van der Waals surface area (Å²) in [5, 5.41) is 10.6. The molecule has 1 aromatic carbocycles. The van der Waals surface area contributed by atoms with E-state index in [4.69, 9.17) is 4.55 Å². The Hall–Kier alpha value is -0.803. The van der Waals surface area contributed by atoms with E-state index in [9.17, 15) is 13.5 Å². The van der Waals surface area contributed by atoms with Gasteiger partial charge in [-0.05, 0) is 37.1 Å². The Bertz CT molecular complexity index is 448. The predicted octanol–water partition coefficient (Wildman–Crippen LogP) is -2.65. The molecule has 0 aromatic heterocycles.